The van der Waals surface area contributed by atoms with Gasteiger partial charge in [0.25, 0.3) is 0 Å². The van der Waals surface area contributed by atoms with E-state index in [-0.39, 0.29) is 0 Å². The molecule has 7 aromatic rings. The molecule has 4 aromatic carbocycles. The number of pyridine rings is 1. The van der Waals surface area contributed by atoms with Gasteiger partial charge in [0.15, 0.2) is 0 Å². The first-order chi connectivity index (χ1) is 22.5. The summed E-state index contributed by atoms with van der Waals surface area (Å²) in [7, 11) is 1.68. The fraction of sp³-hybridized carbons (Fsp3) is 0.200. The molecule has 0 bridgehead atoms. The Morgan fingerprint density at radius 1 is 0.717 bits per heavy atom. The molecule has 0 radical (unpaired) electrons. The zero-order chi connectivity index (χ0) is 31.8. The predicted octanol–water partition coefficient (Wildman–Crippen LogP) is 10.1. The Morgan fingerprint density at radius 3 is 2.26 bits per heavy atom. The average Bonchev–Trinajstić information content (AvgIpc) is 3.64. The van der Waals surface area contributed by atoms with Crippen LogP contribution in [-0.2, 0) is 12.8 Å². The first-order valence-electron chi connectivity index (χ1n) is 16.0. The fourth-order valence-electron chi connectivity index (χ4n) is 6.40. The van der Waals surface area contributed by atoms with Crippen LogP contribution in [0.25, 0.3) is 44.4 Å². The Kier molecular flexibility index (Phi) is 7.79. The lowest BCUT2D eigenvalue weighted by molar-refractivity contribution is 0.414. The van der Waals surface area contributed by atoms with E-state index in [2.05, 4.69) is 122 Å². The molecule has 0 spiro atoms. The number of nitrogens with zero attached hydrogens (tertiary/aromatic N) is 4. The molecule has 6 heteroatoms. The maximum Gasteiger partial charge on any atom is 0.141 e. The summed E-state index contributed by atoms with van der Waals surface area (Å²) in [6, 6.07) is 35.6. The second-order valence-corrected chi connectivity index (χ2v) is 11.9. The molecule has 3 aromatic heterocycles. The first kappa shape index (κ1) is 29.4. The van der Waals surface area contributed by atoms with Crippen molar-refractivity contribution < 1.29 is 9.47 Å². The minimum Gasteiger partial charge on any atom is -0.497 e. The molecule has 0 atom stereocenters. The standard InChI is InChI=1S/C40H38N4O2/c1-6-35-40(27-13-9-8-10-14-27)36(7-2)44(42-35)29-21-28(26(3)4)22-32(23-29)46-31-17-18-34-33-15-11-12-16-37(33)43(38(34)24-31)39-25-30(45-5)19-20-41-39/h8-26H,6-7H2,1-5H3. The van der Waals surface area contributed by atoms with E-state index < -0.39 is 0 Å². The number of hydrogen-bond donors (Lipinski definition) is 0. The number of fused-ring (bicyclic) bond motifs is 3. The summed E-state index contributed by atoms with van der Waals surface area (Å²) in [5.74, 6) is 3.39. The minimum absolute atomic E-state index is 0.311. The van der Waals surface area contributed by atoms with Gasteiger partial charge < -0.3 is 9.47 Å². The number of methoxy groups -OCH3 is 1. The van der Waals surface area contributed by atoms with Crippen molar-refractivity contribution in [2.75, 3.05) is 7.11 Å². The Bertz CT molecular complexity index is 2180. The van der Waals surface area contributed by atoms with Crippen LogP contribution in [0.15, 0.2) is 109 Å². The van der Waals surface area contributed by atoms with Crippen molar-refractivity contribution in [3.05, 3.63) is 126 Å². The Morgan fingerprint density at radius 2 is 1.50 bits per heavy atom. The van der Waals surface area contributed by atoms with Gasteiger partial charge in [-0.2, -0.15) is 5.10 Å². The molecule has 0 N–H and O–H groups in total. The van der Waals surface area contributed by atoms with Gasteiger partial charge in [-0.25, -0.2) is 9.67 Å². The van der Waals surface area contributed by atoms with Crippen LogP contribution >= 0.6 is 0 Å². The molecular formula is C40H38N4O2. The molecule has 0 aliphatic rings. The largest absolute Gasteiger partial charge is 0.497 e. The van der Waals surface area contributed by atoms with Gasteiger partial charge in [-0.3, -0.25) is 4.57 Å². The van der Waals surface area contributed by atoms with Gasteiger partial charge >= 0.3 is 0 Å². The van der Waals surface area contributed by atoms with Gasteiger partial charge in [-0.1, -0.05) is 76.2 Å². The molecule has 0 saturated heterocycles. The third-order valence-electron chi connectivity index (χ3n) is 8.67. The van der Waals surface area contributed by atoms with Gasteiger partial charge in [-0.05, 0) is 66.3 Å². The van der Waals surface area contributed by atoms with Crippen molar-refractivity contribution >= 4 is 21.8 Å². The van der Waals surface area contributed by atoms with Gasteiger partial charge in [0, 0.05) is 40.7 Å². The van der Waals surface area contributed by atoms with Gasteiger partial charge in [-0.15, -0.1) is 0 Å². The maximum atomic E-state index is 6.69. The number of benzene rings is 4. The Balaban J connectivity index is 1.35. The maximum absolute atomic E-state index is 6.69. The highest BCUT2D eigenvalue weighted by Crippen LogP contribution is 2.37. The van der Waals surface area contributed by atoms with E-state index >= 15 is 0 Å². The summed E-state index contributed by atoms with van der Waals surface area (Å²) in [5.41, 5.74) is 9.02. The van der Waals surface area contributed by atoms with Crippen LogP contribution in [-0.4, -0.2) is 26.4 Å². The van der Waals surface area contributed by atoms with Crippen molar-refractivity contribution in [2.24, 2.45) is 0 Å². The summed E-state index contributed by atoms with van der Waals surface area (Å²) in [6.07, 6.45) is 3.49. The molecule has 0 aliphatic carbocycles. The molecule has 46 heavy (non-hydrogen) atoms. The molecule has 3 heterocycles. The third kappa shape index (κ3) is 5.20. The number of ether oxygens (including phenoxy) is 2. The van der Waals surface area contributed by atoms with Crippen LogP contribution in [0.3, 0.4) is 0 Å². The number of aryl methyl sites for hydroxylation is 1. The van der Waals surface area contributed by atoms with Crippen molar-refractivity contribution in [2.45, 2.75) is 46.5 Å². The summed E-state index contributed by atoms with van der Waals surface area (Å²) in [5, 5.41) is 7.45. The number of para-hydroxylation sites is 1. The van der Waals surface area contributed by atoms with Crippen LogP contribution in [0.4, 0.5) is 0 Å². The summed E-state index contributed by atoms with van der Waals surface area (Å²) in [4.78, 5) is 4.71. The SMILES string of the molecule is CCc1nn(-c2cc(Oc3ccc4c5ccccc5n(-c5cc(OC)ccn5)c4c3)cc(C(C)C)c2)c(CC)c1-c1ccccc1. The molecule has 230 valence electrons. The lowest BCUT2D eigenvalue weighted by atomic mass is 10.00. The van der Waals surface area contributed by atoms with E-state index in [1.807, 2.05) is 18.2 Å². The van der Waals surface area contributed by atoms with Gasteiger partial charge in [0.1, 0.15) is 23.1 Å². The second kappa shape index (κ2) is 12.2. The van der Waals surface area contributed by atoms with E-state index in [0.717, 1.165) is 69.1 Å². The molecule has 0 unspecified atom stereocenters. The summed E-state index contributed by atoms with van der Waals surface area (Å²) in [6.45, 7) is 8.80. The van der Waals surface area contributed by atoms with E-state index in [4.69, 9.17) is 19.6 Å². The van der Waals surface area contributed by atoms with E-state index in [0.29, 0.717) is 5.92 Å². The van der Waals surface area contributed by atoms with Crippen LogP contribution in [0.5, 0.6) is 17.2 Å². The summed E-state index contributed by atoms with van der Waals surface area (Å²) < 4.78 is 16.5. The number of hydrogen-bond acceptors (Lipinski definition) is 4. The quantitative estimate of drug-likeness (QED) is 0.164. The number of rotatable bonds is 9. The average molecular weight is 607 g/mol. The monoisotopic (exact) mass is 606 g/mol. The molecule has 6 nitrogen and oxygen atoms in total. The van der Waals surface area contributed by atoms with E-state index in [1.54, 1.807) is 13.3 Å². The highest BCUT2D eigenvalue weighted by atomic mass is 16.5. The van der Waals surface area contributed by atoms with Crippen molar-refractivity contribution in [1.82, 2.24) is 19.3 Å². The number of aromatic nitrogens is 4. The highest BCUT2D eigenvalue weighted by Gasteiger charge is 2.20. The predicted molar refractivity (Wildman–Crippen MR) is 187 cm³/mol. The van der Waals surface area contributed by atoms with Crippen LogP contribution in [0.1, 0.15) is 50.6 Å². The highest BCUT2D eigenvalue weighted by molar-refractivity contribution is 6.09. The molecule has 0 aliphatic heterocycles. The van der Waals surface area contributed by atoms with Gasteiger partial charge in [0.05, 0.1) is 35.2 Å². The van der Waals surface area contributed by atoms with E-state index in [9.17, 15) is 0 Å². The zero-order valence-electron chi connectivity index (χ0n) is 27.0. The molecule has 0 fully saturated rings. The van der Waals surface area contributed by atoms with Gasteiger partial charge in [0.2, 0.25) is 0 Å². The lowest BCUT2D eigenvalue weighted by Gasteiger charge is -2.15. The fourth-order valence-corrected chi connectivity index (χ4v) is 6.40. The Labute approximate surface area is 269 Å². The topological polar surface area (TPSA) is 54.1 Å². The van der Waals surface area contributed by atoms with Crippen LogP contribution in [0.2, 0.25) is 0 Å². The van der Waals surface area contributed by atoms with Crippen LogP contribution in [0, 0.1) is 0 Å². The third-order valence-corrected chi connectivity index (χ3v) is 8.67. The lowest BCUT2D eigenvalue weighted by Crippen LogP contribution is -2.04. The summed E-state index contributed by atoms with van der Waals surface area (Å²) >= 11 is 0. The van der Waals surface area contributed by atoms with Crippen molar-refractivity contribution in [3.8, 4) is 39.9 Å². The van der Waals surface area contributed by atoms with Crippen LogP contribution < -0.4 is 9.47 Å². The van der Waals surface area contributed by atoms with E-state index in [1.165, 1.54) is 22.4 Å². The molecular weight excluding hydrogens is 568 g/mol. The Hall–Kier alpha value is -5.36. The molecule has 0 amide bonds. The van der Waals surface area contributed by atoms with Crippen molar-refractivity contribution in [1.29, 1.82) is 0 Å². The minimum atomic E-state index is 0.311. The van der Waals surface area contributed by atoms with Crippen molar-refractivity contribution in [3.63, 3.8) is 0 Å². The zero-order valence-corrected chi connectivity index (χ0v) is 27.0. The second-order valence-electron chi connectivity index (χ2n) is 11.9. The smallest absolute Gasteiger partial charge is 0.141 e. The molecule has 0 saturated carbocycles. The normalized spacial score (nSPS) is 11.5. The first-order valence-corrected chi connectivity index (χ1v) is 16.0. The molecule has 7 rings (SSSR count).